The normalized spacial score (nSPS) is 12.3. The zero-order valence-corrected chi connectivity index (χ0v) is 46.1. The molecule has 0 unspecified atom stereocenters. The first kappa shape index (κ1) is 50.9. The summed E-state index contributed by atoms with van der Waals surface area (Å²) in [5.41, 5.74) is 18.0. The minimum atomic E-state index is 1.03. The van der Waals surface area contributed by atoms with E-state index in [0.29, 0.717) is 0 Å². The Balaban J connectivity index is 1.02. The molecule has 0 aliphatic rings. The van der Waals surface area contributed by atoms with E-state index in [-0.39, 0.29) is 0 Å². The number of hydrogen-bond acceptors (Lipinski definition) is 2. The molecule has 0 bridgehead atoms. The van der Waals surface area contributed by atoms with E-state index in [2.05, 4.69) is 351 Å². The van der Waals surface area contributed by atoms with Gasteiger partial charge in [0.25, 0.3) is 0 Å². The Morgan fingerprint density at radius 1 is 0.317 bits per heavy atom. The van der Waals surface area contributed by atoms with Gasteiger partial charge >= 0.3 is 0 Å². The maximum Gasteiger partial charge on any atom is 0.0619 e. The van der Waals surface area contributed by atoms with Gasteiger partial charge in [0.15, 0.2) is 0 Å². The minimum Gasteiger partial charge on any atom is -0.310 e. The van der Waals surface area contributed by atoms with Gasteiger partial charge in [-0.2, -0.15) is 0 Å². The van der Waals surface area contributed by atoms with Crippen molar-refractivity contribution in [2.24, 2.45) is 0 Å². The fourth-order valence-electron chi connectivity index (χ4n) is 11.7. The molecule has 13 aromatic rings. The minimum absolute atomic E-state index is 1.03. The van der Waals surface area contributed by atoms with E-state index in [4.69, 9.17) is 0 Å². The molecule has 0 aliphatic heterocycles. The number of rotatable bonds is 14. The SMILES string of the molecule is C\C=C(/C=C\C(\C=C(/C)c1ccc2ccccc2c1)=C(\c1ccccc1)c1ccc2ccccc2c1)N(c1ccccc1)c1c2ccccc2c(N(c2ccc(-c3ccccc3)cc2)c2ccc(-c3ccccc3)cc2)c2ccccc12. The highest BCUT2D eigenvalue weighted by Gasteiger charge is 2.26. The van der Waals surface area contributed by atoms with Crippen molar-refractivity contribution in [3.05, 3.63) is 356 Å². The number of allylic oxidation sites excluding steroid dienone is 6. The predicted octanol–water partition coefficient (Wildman–Crippen LogP) is 22.3. The zero-order chi connectivity index (χ0) is 55.2. The lowest BCUT2D eigenvalue weighted by molar-refractivity contribution is 1.22. The van der Waals surface area contributed by atoms with Gasteiger partial charge in [-0.05, 0) is 146 Å². The zero-order valence-electron chi connectivity index (χ0n) is 46.1. The van der Waals surface area contributed by atoms with Crippen molar-refractivity contribution in [2.75, 3.05) is 9.80 Å². The largest absolute Gasteiger partial charge is 0.310 e. The van der Waals surface area contributed by atoms with Crippen LogP contribution in [0, 0.1) is 0 Å². The van der Waals surface area contributed by atoms with Gasteiger partial charge in [0.05, 0.1) is 11.4 Å². The smallest absolute Gasteiger partial charge is 0.0619 e. The van der Waals surface area contributed by atoms with Crippen molar-refractivity contribution in [3.63, 3.8) is 0 Å². The highest BCUT2D eigenvalue weighted by molar-refractivity contribution is 6.23. The molecule has 0 aliphatic carbocycles. The number of benzene rings is 13. The molecule has 390 valence electrons. The highest BCUT2D eigenvalue weighted by Crippen LogP contribution is 2.51. The van der Waals surface area contributed by atoms with Gasteiger partial charge < -0.3 is 9.80 Å². The summed E-state index contributed by atoms with van der Waals surface area (Å²) in [7, 11) is 0. The third kappa shape index (κ3) is 10.2. The van der Waals surface area contributed by atoms with Crippen molar-refractivity contribution in [1.29, 1.82) is 0 Å². The van der Waals surface area contributed by atoms with Crippen LogP contribution in [0.2, 0.25) is 0 Å². The third-order valence-corrected chi connectivity index (χ3v) is 15.8. The lowest BCUT2D eigenvalue weighted by Gasteiger charge is -2.33. The maximum atomic E-state index is 2.47. The summed E-state index contributed by atoms with van der Waals surface area (Å²) in [6, 6.07) is 110. The molecule has 13 rings (SSSR count). The van der Waals surface area contributed by atoms with Crippen LogP contribution in [0.4, 0.5) is 28.4 Å². The topological polar surface area (TPSA) is 6.48 Å². The number of nitrogens with zero attached hydrogens (tertiary/aromatic N) is 2. The lowest BCUT2D eigenvalue weighted by Crippen LogP contribution is -2.17. The van der Waals surface area contributed by atoms with Crippen molar-refractivity contribution in [2.45, 2.75) is 13.8 Å². The third-order valence-electron chi connectivity index (χ3n) is 15.8. The molecule has 0 heterocycles. The number of para-hydroxylation sites is 1. The first-order chi connectivity index (χ1) is 40.6. The van der Waals surface area contributed by atoms with E-state index >= 15 is 0 Å². The maximum absolute atomic E-state index is 2.47. The fraction of sp³-hybridized carbons (Fsp3) is 0.0250. The standard InChI is InChI=1S/C80H60N2/c1-3-70(49-48-68(54-57(2)65-42-40-60-28-16-18-32-66(60)55-65)78(64-30-12-6-13-31-64)69-43-41-61-29-17-19-33-67(61)56-69)81(71-34-14-7-15-35-71)79-74-36-20-22-38-76(74)80(77-39-23-21-37-75(77)79)82(72-50-44-62(45-51-72)58-24-8-4-9-25-58)73-52-46-63(47-53-73)59-26-10-5-11-27-59/h3-56H,1-2H3/b49-48-,57-54+,70-3+,78-68+. The highest BCUT2D eigenvalue weighted by atomic mass is 15.2. The summed E-state index contributed by atoms with van der Waals surface area (Å²) in [5, 5.41) is 9.38. The van der Waals surface area contributed by atoms with Gasteiger partial charge in [-0.15, -0.1) is 0 Å². The van der Waals surface area contributed by atoms with E-state index in [9.17, 15) is 0 Å². The Labute approximate surface area is 481 Å². The molecule has 0 saturated heterocycles. The summed E-state index contributed by atoms with van der Waals surface area (Å²) in [6.45, 7) is 4.40. The summed E-state index contributed by atoms with van der Waals surface area (Å²) in [4.78, 5) is 4.93. The van der Waals surface area contributed by atoms with E-state index in [1.54, 1.807) is 0 Å². The Hall–Kier alpha value is -10.5. The van der Waals surface area contributed by atoms with Gasteiger partial charge in [0.1, 0.15) is 0 Å². The van der Waals surface area contributed by atoms with E-state index in [0.717, 1.165) is 78.0 Å². The Kier molecular flexibility index (Phi) is 14.3. The average Bonchev–Trinajstić information content (AvgIpc) is 3.45. The monoisotopic (exact) mass is 1050 g/mol. The number of fused-ring (bicyclic) bond motifs is 4. The van der Waals surface area contributed by atoms with Crippen molar-refractivity contribution in [3.8, 4) is 22.3 Å². The molecule has 82 heavy (non-hydrogen) atoms. The second-order valence-corrected chi connectivity index (χ2v) is 20.8. The molecule has 0 atom stereocenters. The molecule has 0 radical (unpaired) electrons. The Bertz CT molecular complexity index is 4400. The number of anilines is 5. The predicted molar refractivity (Wildman–Crippen MR) is 352 cm³/mol. The van der Waals surface area contributed by atoms with Crippen LogP contribution in [-0.2, 0) is 0 Å². The molecular weight excluding hydrogens is 989 g/mol. The van der Waals surface area contributed by atoms with Crippen LogP contribution in [0.3, 0.4) is 0 Å². The molecule has 2 heteroatoms. The summed E-state index contributed by atoms with van der Waals surface area (Å²) < 4.78 is 0. The average molecular weight is 1050 g/mol. The van der Waals surface area contributed by atoms with Gasteiger partial charge in [-0.3, -0.25) is 0 Å². The van der Waals surface area contributed by atoms with Crippen molar-refractivity contribution < 1.29 is 0 Å². The van der Waals surface area contributed by atoms with Crippen LogP contribution in [0.1, 0.15) is 30.5 Å². The molecule has 0 aromatic heterocycles. The quantitative estimate of drug-likeness (QED) is 0.0608. The van der Waals surface area contributed by atoms with Crippen molar-refractivity contribution in [1.82, 2.24) is 0 Å². The van der Waals surface area contributed by atoms with E-state index in [1.807, 2.05) is 0 Å². The van der Waals surface area contributed by atoms with Crippen LogP contribution >= 0.6 is 0 Å². The van der Waals surface area contributed by atoms with Gasteiger partial charge in [0.2, 0.25) is 0 Å². The molecule has 0 spiro atoms. The van der Waals surface area contributed by atoms with Crippen molar-refractivity contribution >= 4 is 82.7 Å². The lowest BCUT2D eigenvalue weighted by atomic mass is 9.89. The summed E-state index contributed by atoms with van der Waals surface area (Å²) >= 11 is 0. The molecule has 2 nitrogen and oxygen atoms in total. The van der Waals surface area contributed by atoms with Crippen LogP contribution in [0.5, 0.6) is 0 Å². The fourth-order valence-corrected chi connectivity index (χ4v) is 11.7. The Morgan fingerprint density at radius 3 is 1.22 bits per heavy atom. The van der Waals surface area contributed by atoms with E-state index < -0.39 is 0 Å². The van der Waals surface area contributed by atoms with Crippen LogP contribution in [-0.4, -0.2) is 0 Å². The molecule has 0 N–H and O–H groups in total. The first-order valence-corrected chi connectivity index (χ1v) is 28.3. The summed E-state index contributed by atoms with van der Waals surface area (Å²) in [5.74, 6) is 0. The molecular formula is C80H60N2. The molecule has 0 amide bonds. The van der Waals surface area contributed by atoms with Gasteiger partial charge in [0, 0.05) is 44.3 Å². The molecule has 0 fully saturated rings. The number of hydrogen-bond donors (Lipinski definition) is 0. The molecule has 13 aromatic carbocycles. The second-order valence-electron chi connectivity index (χ2n) is 20.8. The first-order valence-electron chi connectivity index (χ1n) is 28.3. The summed E-state index contributed by atoms with van der Waals surface area (Å²) in [6.07, 6.45) is 9.30. The van der Waals surface area contributed by atoms with E-state index in [1.165, 1.54) is 54.9 Å². The Morgan fingerprint density at radius 2 is 0.720 bits per heavy atom. The second kappa shape index (κ2) is 23.0. The molecule has 0 saturated carbocycles. The van der Waals surface area contributed by atoms with Crippen LogP contribution < -0.4 is 9.80 Å². The van der Waals surface area contributed by atoms with Crippen LogP contribution in [0.15, 0.2) is 339 Å². The van der Waals surface area contributed by atoms with Gasteiger partial charge in [-0.25, -0.2) is 0 Å². The van der Waals surface area contributed by atoms with Crippen LogP contribution in [0.25, 0.3) is 76.5 Å². The van der Waals surface area contributed by atoms with Gasteiger partial charge in [-0.1, -0.05) is 273 Å².